The number of β-lactam (4-membered cyclic amide) rings is 1. The molecule has 1 amide bonds. The Labute approximate surface area is 211 Å². The summed E-state index contributed by atoms with van der Waals surface area (Å²) >= 11 is 1.46. The molecule has 35 heavy (non-hydrogen) atoms. The van der Waals surface area contributed by atoms with Gasteiger partial charge in [-0.25, -0.2) is 4.79 Å². The molecule has 0 N–H and O–H groups in total. The highest BCUT2D eigenvalue weighted by atomic mass is 32.2. The number of rotatable bonds is 7. The van der Waals surface area contributed by atoms with Crippen molar-refractivity contribution in [1.29, 1.82) is 0 Å². The SMILES string of the molecule is CC(=O)OCC1=CS[C@@H]2/C(=C/[Si](C)(C)C)C(=O)N2C1C(=O)OC(c1ccccc1)c1ccccc1. The number of hydrogen-bond acceptors (Lipinski definition) is 6. The van der Waals surface area contributed by atoms with E-state index in [1.165, 1.54) is 18.7 Å². The summed E-state index contributed by atoms with van der Waals surface area (Å²) in [4.78, 5) is 40.0. The van der Waals surface area contributed by atoms with Crippen LogP contribution in [0.3, 0.4) is 0 Å². The Morgan fingerprint density at radius 2 is 1.60 bits per heavy atom. The summed E-state index contributed by atoms with van der Waals surface area (Å²) < 4.78 is 11.3. The summed E-state index contributed by atoms with van der Waals surface area (Å²) in [6.07, 6.45) is -0.638. The lowest BCUT2D eigenvalue weighted by molar-refractivity contribution is -0.159. The topological polar surface area (TPSA) is 72.9 Å². The standard InChI is InChI=1S/C27H29NO5SSi/c1-18(29)32-15-21-16-34-26-22(17-35(2,3)4)25(30)28(26)23(21)27(31)33-24(19-11-7-5-8-12-19)20-13-9-6-10-14-20/h5-14,16-17,23-24,26H,15H2,1-4H3/b22-17+/t23?,26-/m1/s1. The van der Waals surface area contributed by atoms with E-state index in [4.69, 9.17) is 9.47 Å². The van der Waals surface area contributed by atoms with Gasteiger partial charge in [-0.1, -0.05) is 86.0 Å². The molecule has 2 aromatic carbocycles. The monoisotopic (exact) mass is 507 g/mol. The molecule has 0 spiro atoms. The first-order chi connectivity index (χ1) is 16.7. The lowest BCUT2D eigenvalue weighted by Crippen LogP contribution is -2.63. The van der Waals surface area contributed by atoms with E-state index in [9.17, 15) is 14.4 Å². The highest BCUT2D eigenvalue weighted by Crippen LogP contribution is 2.44. The minimum Gasteiger partial charge on any atom is -0.461 e. The summed E-state index contributed by atoms with van der Waals surface area (Å²) in [5.74, 6) is -1.17. The zero-order valence-corrected chi connectivity index (χ0v) is 22.1. The molecule has 182 valence electrons. The quantitative estimate of drug-likeness (QED) is 0.231. The molecule has 0 radical (unpaired) electrons. The fraction of sp³-hybridized carbons (Fsp3) is 0.296. The molecule has 2 aliphatic rings. The minimum atomic E-state index is -1.65. The number of thioether (sulfide) groups is 1. The van der Waals surface area contributed by atoms with Crippen LogP contribution in [0.5, 0.6) is 0 Å². The molecular weight excluding hydrogens is 478 g/mol. The normalized spacial score (nSPS) is 20.7. The van der Waals surface area contributed by atoms with Crippen LogP contribution in [0.1, 0.15) is 24.2 Å². The van der Waals surface area contributed by atoms with Gasteiger partial charge in [0, 0.05) is 18.1 Å². The number of fused-ring (bicyclic) bond motifs is 1. The molecule has 0 aromatic heterocycles. The van der Waals surface area contributed by atoms with Gasteiger partial charge in [0.15, 0.2) is 12.1 Å². The zero-order valence-electron chi connectivity index (χ0n) is 20.3. The number of amides is 1. The molecule has 1 fully saturated rings. The Morgan fingerprint density at radius 3 is 2.11 bits per heavy atom. The highest BCUT2D eigenvalue weighted by molar-refractivity contribution is 8.03. The maximum Gasteiger partial charge on any atom is 0.334 e. The van der Waals surface area contributed by atoms with Gasteiger partial charge < -0.3 is 14.4 Å². The van der Waals surface area contributed by atoms with Gasteiger partial charge in [-0.2, -0.15) is 0 Å². The lowest BCUT2D eigenvalue weighted by Gasteiger charge is -2.49. The Morgan fingerprint density at radius 1 is 1.03 bits per heavy atom. The van der Waals surface area contributed by atoms with Crippen molar-refractivity contribution in [2.45, 2.75) is 44.1 Å². The van der Waals surface area contributed by atoms with Gasteiger partial charge in [0.05, 0.1) is 8.07 Å². The van der Waals surface area contributed by atoms with Crippen molar-refractivity contribution in [3.05, 3.63) is 94.0 Å². The van der Waals surface area contributed by atoms with Crippen LogP contribution in [0, 0.1) is 0 Å². The number of hydrogen-bond donors (Lipinski definition) is 0. The first-order valence-corrected chi connectivity index (χ1v) is 16.0. The van der Waals surface area contributed by atoms with Crippen LogP contribution >= 0.6 is 11.8 Å². The van der Waals surface area contributed by atoms with E-state index in [-0.39, 0.29) is 17.9 Å². The van der Waals surface area contributed by atoms with E-state index in [1.54, 1.807) is 4.90 Å². The van der Waals surface area contributed by atoms with E-state index in [0.29, 0.717) is 5.57 Å². The molecule has 2 aliphatic heterocycles. The number of benzene rings is 2. The third kappa shape index (κ3) is 5.60. The average Bonchev–Trinajstić information content (AvgIpc) is 2.84. The molecule has 1 saturated heterocycles. The van der Waals surface area contributed by atoms with Gasteiger partial charge in [0.2, 0.25) is 0 Å². The van der Waals surface area contributed by atoms with Crippen molar-refractivity contribution in [2.24, 2.45) is 0 Å². The van der Waals surface area contributed by atoms with Crippen LogP contribution in [0.4, 0.5) is 0 Å². The van der Waals surface area contributed by atoms with Gasteiger partial charge in [0.25, 0.3) is 5.91 Å². The minimum absolute atomic E-state index is 0.0764. The number of nitrogens with zero attached hydrogens (tertiary/aromatic N) is 1. The molecule has 2 aromatic rings. The third-order valence-electron chi connectivity index (χ3n) is 5.67. The van der Waals surface area contributed by atoms with Crippen LogP contribution in [-0.2, 0) is 23.9 Å². The predicted octanol–water partition coefficient (Wildman–Crippen LogP) is 4.85. The fourth-order valence-corrected chi connectivity index (χ4v) is 6.66. The fourth-order valence-electron chi connectivity index (χ4n) is 4.16. The van der Waals surface area contributed by atoms with E-state index in [0.717, 1.165) is 16.7 Å². The Balaban J connectivity index is 1.67. The van der Waals surface area contributed by atoms with Crippen molar-refractivity contribution in [2.75, 3.05) is 6.61 Å². The zero-order chi connectivity index (χ0) is 25.2. The molecule has 8 heteroatoms. The second-order valence-electron chi connectivity index (χ2n) is 9.68. The van der Waals surface area contributed by atoms with Crippen LogP contribution in [0.15, 0.2) is 82.9 Å². The molecule has 6 nitrogen and oxygen atoms in total. The van der Waals surface area contributed by atoms with E-state index < -0.39 is 32.2 Å². The Hall–Kier alpha value is -3.10. The second-order valence-corrected chi connectivity index (χ2v) is 15.7. The van der Waals surface area contributed by atoms with Gasteiger partial charge in [-0.15, -0.1) is 11.8 Å². The summed E-state index contributed by atoms with van der Waals surface area (Å²) in [6.45, 7) is 7.74. The molecule has 0 aliphatic carbocycles. The van der Waals surface area contributed by atoms with E-state index >= 15 is 0 Å². The van der Waals surface area contributed by atoms with Crippen LogP contribution in [0.2, 0.25) is 19.6 Å². The van der Waals surface area contributed by atoms with Crippen molar-refractivity contribution in [3.8, 4) is 0 Å². The summed E-state index contributed by atoms with van der Waals surface area (Å²) in [5.41, 5.74) is 5.01. The largest absolute Gasteiger partial charge is 0.461 e. The van der Waals surface area contributed by atoms with E-state index in [1.807, 2.05) is 66.1 Å². The van der Waals surface area contributed by atoms with Crippen molar-refractivity contribution < 1.29 is 23.9 Å². The summed E-state index contributed by atoms with van der Waals surface area (Å²) in [6, 6.07) is 18.1. The van der Waals surface area contributed by atoms with Gasteiger partial charge in [-0.05, 0) is 16.5 Å². The van der Waals surface area contributed by atoms with Gasteiger partial charge in [0.1, 0.15) is 12.0 Å². The van der Waals surface area contributed by atoms with Gasteiger partial charge in [-0.3, -0.25) is 9.59 Å². The van der Waals surface area contributed by atoms with Crippen LogP contribution < -0.4 is 0 Å². The molecule has 4 rings (SSSR count). The third-order valence-corrected chi connectivity index (χ3v) is 8.03. The highest BCUT2D eigenvalue weighted by Gasteiger charge is 2.53. The first kappa shape index (κ1) is 25.0. The van der Waals surface area contributed by atoms with Crippen molar-refractivity contribution in [1.82, 2.24) is 4.90 Å². The maximum absolute atomic E-state index is 13.7. The molecular formula is C27H29NO5SSi. The van der Waals surface area contributed by atoms with E-state index in [2.05, 4.69) is 25.3 Å². The number of carbonyl (C=O) groups excluding carboxylic acids is 3. The number of esters is 2. The number of carbonyl (C=O) groups is 3. The molecule has 0 saturated carbocycles. The van der Waals surface area contributed by atoms with Crippen LogP contribution in [-0.4, -0.2) is 48.8 Å². The smallest absolute Gasteiger partial charge is 0.334 e. The summed E-state index contributed by atoms with van der Waals surface area (Å²) in [7, 11) is -1.65. The Kier molecular flexibility index (Phi) is 7.33. The molecule has 1 unspecified atom stereocenters. The van der Waals surface area contributed by atoms with Crippen molar-refractivity contribution >= 4 is 37.7 Å². The predicted molar refractivity (Wildman–Crippen MR) is 139 cm³/mol. The van der Waals surface area contributed by atoms with Gasteiger partial charge >= 0.3 is 11.9 Å². The molecule has 2 atom stereocenters. The maximum atomic E-state index is 13.7. The van der Waals surface area contributed by atoms with Crippen molar-refractivity contribution in [3.63, 3.8) is 0 Å². The summed E-state index contributed by atoms with van der Waals surface area (Å²) in [5, 5.41) is 1.58. The number of ether oxygens (including phenoxy) is 2. The molecule has 2 heterocycles. The van der Waals surface area contributed by atoms with Crippen LogP contribution in [0.25, 0.3) is 0 Å². The second kappa shape index (κ2) is 10.3. The molecule has 0 bridgehead atoms. The Bertz CT molecular complexity index is 1130. The first-order valence-electron chi connectivity index (χ1n) is 11.5. The lowest BCUT2D eigenvalue weighted by atomic mass is 9.98. The average molecular weight is 508 g/mol.